The van der Waals surface area contributed by atoms with Crippen LogP contribution in [0.4, 0.5) is 0 Å². The maximum Gasteiger partial charge on any atom is 0.0736 e. The minimum Gasteiger partial charge on any atom is -0.374 e. The fourth-order valence-corrected chi connectivity index (χ4v) is 11.9. The first-order valence-electron chi connectivity index (χ1n) is 15.9. The van der Waals surface area contributed by atoms with Crippen molar-refractivity contribution in [3.05, 3.63) is 0 Å². The van der Waals surface area contributed by atoms with Gasteiger partial charge in [0.05, 0.1) is 24.4 Å². The van der Waals surface area contributed by atoms with Gasteiger partial charge in [-0.3, -0.25) is 0 Å². The number of ether oxygens (including phenoxy) is 2. The van der Waals surface area contributed by atoms with Crippen molar-refractivity contribution in [2.45, 2.75) is 128 Å². The third-order valence-corrected chi connectivity index (χ3v) is 13.3. The van der Waals surface area contributed by atoms with Crippen LogP contribution in [0.3, 0.4) is 0 Å². The maximum absolute atomic E-state index is 7.05. The Kier molecular flexibility index (Phi) is 5.94. The standard InChI is InChI=1S/C32H52O2/c1-3-31(27-11-23-9-24(13-27)14-28(31)12-23)33-19-21-5-7-22(8-6-21)20-34-32(4-2)29-15-25-10-26(17-29)18-30(32)16-25/h21-30H,3-20H2,1-2H3. The molecule has 34 heavy (non-hydrogen) atoms. The quantitative estimate of drug-likeness (QED) is 0.359. The van der Waals surface area contributed by atoms with E-state index in [-0.39, 0.29) is 11.2 Å². The highest BCUT2D eigenvalue weighted by atomic mass is 16.5. The molecule has 0 saturated heterocycles. The molecule has 0 aliphatic heterocycles. The molecule has 0 spiro atoms. The SMILES string of the molecule is CCC1(OCC2CCC(COC3(CC)C4CC5CC(C4)CC3C5)CC2)C2CC3CC(C2)CC1C3. The van der Waals surface area contributed by atoms with E-state index in [1.54, 1.807) is 12.8 Å². The topological polar surface area (TPSA) is 18.5 Å². The van der Waals surface area contributed by atoms with Crippen molar-refractivity contribution in [3.8, 4) is 0 Å². The Hall–Kier alpha value is -0.0800. The van der Waals surface area contributed by atoms with Gasteiger partial charge in [-0.2, -0.15) is 0 Å². The van der Waals surface area contributed by atoms with Crippen molar-refractivity contribution >= 4 is 0 Å². The molecule has 2 nitrogen and oxygen atoms in total. The number of hydrogen-bond acceptors (Lipinski definition) is 2. The summed E-state index contributed by atoms with van der Waals surface area (Å²) in [6.07, 6.45) is 23.0. The van der Waals surface area contributed by atoms with Crippen LogP contribution >= 0.6 is 0 Å². The van der Waals surface area contributed by atoms with Crippen LogP contribution in [0, 0.1) is 59.2 Å². The lowest BCUT2D eigenvalue weighted by atomic mass is 9.49. The van der Waals surface area contributed by atoms with Crippen LogP contribution in [0.2, 0.25) is 0 Å². The van der Waals surface area contributed by atoms with E-state index >= 15 is 0 Å². The lowest BCUT2D eigenvalue weighted by Gasteiger charge is -2.61. The fourth-order valence-electron chi connectivity index (χ4n) is 11.9. The van der Waals surface area contributed by atoms with Crippen LogP contribution in [-0.4, -0.2) is 24.4 Å². The smallest absolute Gasteiger partial charge is 0.0736 e. The molecule has 192 valence electrons. The summed E-state index contributed by atoms with van der Waals surface area (Å²) in [5.41, 5.74) is 0.501. The van der Waals surface area contributed by atoms with Crippen molar-refractivity contribution in [1.29, 1.82) is 0 Å². The van der Waals surface area contributed by atoms with E-state index in [9.17, 15) is 0 Å². The largest absolute Gasteiger partial charge is 0.374 e. The molecule has 8 bridgehead atoms. The summed E-state index contributed by atoms with van der Waals surface area (Å²) in [4.78, 5) is 0. The first-order valence-corrected chi connectivity index (χ1v) is 15.9. The summed E-state index contributed by atoms with van der Waals surface area (Å²) >= 11 is 0. The molecule has 9 rings (SSSR count). The molecule has 0 heterocycles. The number of rotatable bonds is 8. The second-order valence-electron chi connectivity index (χ2n) is 14.7. The molecule has 0 radical (unpaired) electrons. The first-order chi connectivity index (χ1) is 16.6. The Morgan fingerprint density at radius 2 is 0.765 bits per heavy atom. The van der Waals surface area contributed by atoms with Crippen molar-refractivity contribution in [3.63, 3.8) is 0 Å². The zero-order valence-corrected chi connectivity index (χ0v) is 22.3. The molecular formula is C32H52O2. The highest BCUT2D eigenvalue weighted by Gasteiger charge is 2.58. The molecule has 9 aliphatic carbocycles. The zero-order valence-electron chi connectivity index (χ0n) is 22.3. The summed E-state index contributed by atoms with van der Waals surface area (Å²) in [6, 6.07) is 0. The second-order valence-corrected chi connectivity index (χ2v) is 14.7. The predicted octanol–water partition coefficient (Wildman–Crippen LogP) is 8.04. The lowest BCUT2D eigenvalue weighted by Crippen LogP contribution is -2.59. The Bertz CT molecular complexity index is 615. The van der Waals surface area contributed by atoms with Crippen LogP contribution in [-0.2, 0) is 9.47 Å². The van der Waals surface area contributed by atoms with Gasteiger partial charge in [0, 0.05) is 0 Å². The molecule has 0 N–H and O–H groups in total. The van der Waals surface area contributed by atoms with Gasteiger partial charge in [0.15, 0.2) is 0 Å². The molecule has 9 fully saturated rings. The van der Waals surface area contributed by atoms with Gasteiger partial charge in [-0.05, 0) is 162 Å². The Morgan fingerprint density at radius 1 is 0.471 bits per heavy atom. The Morgan fingerprint density at radius 3 is 1.03 bits per heavy atom. The van der Waals surface area contributed by atoms with Gasteiger partial charge in [-0.15, -0.1) is 0 Å². The predicted molar refractivity (Wildman–Crippen MR) is 137 cm³/mol. The summed E-state index contributed by atoms with van der Waals surface area (Å²) in [5.74, 6) is 9.30. The van der Waals surface area contributed by atoms with E-state index in [4.69, 9.17) is 9.47 Å². The molecule has 0 aromatic heterocycles. The summed E-state index contributed by atoms with van der Waals surface area (Å²) in [6.45, 7) is 6.97. The van der Waals surface area contributed by atoms with E-state index in [0.29, 0.717) is 0 Å². The van der Waals surface area contributed by atoms with Gasteiger partial charge in [0.1, 0.15) is 0 Å². The van der Waals surface area contributed by atoms with Crippen molar-refractivity contribution in [1.82, 2.24) is 0 Å². The molecular weight excluding hydrogens is 416 g/mol. The van der Waals surface area contributed by atoms with Gasteiger partial charge >= 0.3 is 0 Å². The third kappa shape index (κ3) is 3.61. The van der Waals surface area contributed by atoms with Crippen molar-refractivity contribution in [2.75, 3.05) is 13.2 Å². The summed E-state index contributed by atoms with van der Waals surface area (Å²) in [5, 5.41) is 0. The molecule has 9 saturated carbocycles. The fraction of sp³-hybridized carbons (Fsp3) is 1.00. The first kappa shape index (κ1) is 23.1. The normalized spacial score (nSPS) is 55.2. The van der Waals surface area contributed by atoms with Gasteiger partial charge in [-0.25, -0.2) is 0 Å². The van der Waals surface area contributed by atoms with Crippen LogP contribution in [0.5, 0.6) is 0 Å². The molecule has 2 heteroatoms. The minimum atomic E-state index is 0.250. The molecule has 0 atom stereocenters. The highest BCUT2D eigenvalue weighted by Crippen LogP contribution is 2.62. The van der Waals surface area contributed by atoms with E-state index < -0.39 is 0 Å². The van der Waals surface area contributed by atoms with Crippen molar-refractivity contribution < 1.29 is 9.47 Å². The van der Waals surface area contributed by atoms with Crippen LogP contribution in [0.15, 0.2) is 0 Å². The maximum atomic E-state index is 7.05. The van der Waals surface area contributed by atoms with Crippen LogP contribution in [0.25, 0.3) is 0 Å². The summed E-state index contributed by atoms with van der Waals surface area (Å²) in [7, 11) is 0. The van der Waals surface area contributed by atoms with E-state index in [1.807, 2.05) is 0 Å². The van der Waals surface area contributed by atoms with E-state index in [1.165, 1.54) is 89.9 Å². The molecule has 0 aromatic carbocycles. The third-order valence-electron chi connectivity index (χ3n) is 13.3. The average molecular weight is 469 g/mol. The number of hydrogen-bond donors (Lipinski definition) is 0. The summed E-state index contributed by atoms with van der Waals surface area (Å²) < 4.78 is 14.1. The molecule has 0 unspecified atom stereocenters. The van der Waals surface area contributed by atoms with Gasteiger partial charge in [0.25, 0.3) is 0 Å². The lowest BCUT2D eigenvalue weighted by molar-refractivity contribution is -0.216. The van der Waals surface area contributed by atoms with Gasteiger partial charge < -0.3 is 9.47 Å². The Labute approximate surface area is 209 Å². The van der Waals surface area contributed by atoms with E-state index in [2.05, 4.69) is 13.8 Å². The Balaban J connectivity index is 0.914. The van der Waals surface area contributed by atoms with Crippen molar-refractivity contribution in [2.24, 2.45) is 59.2 Å². The van der Waals surface area contributed by atoms with Gasteiger partial charge in [-0.1, -0.05) is 13.8 Å². The van der Waals surface area contributed by atoms with E-state index in [0.717, 1.165) is 72.4 Å². The molecule has 0 aromatic rings. The molecule has 9 aliphatic rings. The minimum absolute atomic E-state index is 0.250. The molecule has 0 amide bonds. The zero-order chi connectivity index (χ0) is 22.9. The highest BCUT2D eigenvalue weighted by molar-refractivity contribution is 5.08. The van der Waals surface area contributed by atoms with Crippen LogP contribution in [0.1, 0.15) is 117 Å². The monoisotopic (exact) mass is 468 g/mol. The average Bonchev–Trinajstić information content (AvgIpc) is 2.84. The van der Waals surface area contributed by atoms with Crippen LogP contribution < -0.4 is 0 Å². The second kappa shape index (κ2) is 8.75. The van der Waals surface area contributed by atoms with Gasteiger partial charge in [0.2, 0.25) is 0 Å².